The highest BCUT2D eigenvalue weighted by Crippen LogP contribution is 2.22. The van der Waals surface area contributed by atoms with Crippen LogP contribution in [-0.2, 0) is 23.2 Å². The summed E-state index contributed by atoms with van der Waals surface area (Å²) in [6, 6.07) is 8.10. The lowest BCUT2D eigenvalue weighted by atomic mass is 10.0. The van der Waals surface area contributed by atoms with Crippen LogP contribution < -0.4 is 5.32 Å². The molecule has 0 atom stereocenters. The number of nitrogens with zero attached hydrogens (tertiary/aromatic N) is 2. The first-order valence-corrected chi connectivity index (χ1v) is 8.10. The van der Waals surface area contributed by atoms with Gasteiger partial charge < -0.3 is 5.32 Å². The average Bonchev–Trinajstić information content (AvgIpc) is 2.47. The van der Waals surface area contributed by atoms with Gasteiger partial charge in [0.1, 0.15) is 0 Å². The maximum Gasteiger partial charge on any atom is 0.282 e. The third-order valence-corrected chi connectivity index (χ3v) is 5.81. The Morgan fingerprint density at radius 3 is 2.37 bits per heavy atom. The summed E-state index contributed by atoms with van der Waals surface area (Å²) in [5.41, 5.74) is 2.40. The highest BCUT2D eigenvalue weighted by Gasteiger charge is 2.32. The highest BCUT2D eigenvalue weighted by atomic mass is 32.2. The van der Waals surface area contributed by atoms with E-state index in [-0.39, 0.29) is 0 Å². The zero-order valence-electron chi connectivity index (χ0n) is 10.9. The minimum atomic E-state index is -3.30. The molecule has 6 heteroatoms. The topological polar surface area (TPSA) is 52.7 Å². The Morgan fingerprint density at radius 2 is 1.63 bits per heavy atom. The lowest BCUT2D eigenvalue weighted by Crippen LogP contribution is -2.52. The Bertz CT molecular complexity index is 553. The number of benzene rings is 1. The van der Waals surface area contributed by atoms with Crippen LogP contribution in [0, 0.1) is 0 Å². The molecule has 1 fully saturated rings. The summed E-state index contributed by atoms with van der Waals surface area (Å²) in [4.78, 5) is 0. The molecule has 0 unspecified atom stereocenters. The van der Waals surface area contributed by atoms with Crippen molar-refractivity contribution in [2.24, 2.45) is 0 Å². The van der Waals surface area contributed by atoms with Gasteiger partial charge in [0.05, 0.1) is 0 Å². The molecule has 2 aliphatic heterocycles. The SMILES string of the molecule is O=S(=O)(N1CCNCC1)N1CCc2ccccc2C1. The van der Waals surface area contributed by atoms with Gasteiger partial charge in [-0.15, -0.1) is 0 Å². The fraction of sp³-hybridized carbons (Fsp3) is 0.538. The second-order valence-electron chi connectivity index (χ2n) is 5.01. The summed E-state index contributed by atoms with van der Waals surface area (Å²) in [7, 11) is -3.30. The quantitative estimate of drug-likeness (QED) is 0.842. The summed E-state index contributed by atoms with van der Waals surface area (Å²) < 4.78 is 28.4. The van der Waals surface area contributed by atoms with Crippen LogP contribution in [0.5, 0.6) is 0 Å². The fourth-order valence-electron chi connectivity index (χ4n) is 2.71. The van der Waals surface area contributed by atoms with Gasteiger partial charge in [-0.05, 0) is 17.5 Å². The standard InChI is InChI=1S/C13H19N3O2S/c17-19(18,15-9-6-14-7-10-15)16-8-5-12-3-1-2-4-13(12)11-16/h1-4,14H,5-11H2. The minimum absolute atomic E-state index is 0.502. The normalized spacial score (nSPS) is 22.1. The van der Waals surface area contributed by atoms with Crippen molar-refractivity contribution >= 4 is 10.2 Å². The maximum absolute atomic E-state index is 12.6. The molecule has 0 amide bonds. The van der Waals surface area contributed by atoms with E-state index in [0.717, 1.165) is 25.1 Å². The van der Waals surface area contributed by atoms with Gasteiger partial charge in [-0.3, -0.25) is 0 Å². The summed E-state index contributed by atoms with van der Waals surface area (Å²) in [6.07, 6.45) is 0.807. The zero-order valence-corrected chi connectivity index (χ0v) is 11.7. The van der Waals surface area contributed by atoms with E-state index in [1.54, 1.807) is 8.61 Å². The van der Waals surface area contributed by atoms with E-state index in [1.165, 1.54) is 5.56 Å². The minimum Gasteiger partial charge on any atom is -0.314 e. The predicted octanol–water partition coefficient (Wildman–Crippen LogP) is 0.195. The predicted molar refractivity (Wildman–Crippen MR) is 73.9 cm³/mol. The molecule has 1 aromatic rings. The first-order chi connectivity index (χ1) is 9.18. The Morgan fingerprint density at radius 1 is 0.947 bits per heavy atom. The van der Waals surface area contributed by atoms with Crippen molar-refractivity contribution in [2.45, 2.75) is 13.0 Å². The van der Waals surface area contributed by atoms with Crippen molar-refractivity contribution in [3.63, 3.8) is 0 Å². The molecule has 0 spiro atoms. The van der Waals surface area contributed by atoms with Crippen molar-refractivity contribution in [1.82, 2.24) is 13.9 Å². The van der Waals surface area contributed by atoms with E-state index in [2.05, 4.69) is 11.4 Å². The van der Waals surface area contributed by atoms with E-state index in [0.29, 0.717) is 26.2 Å². The number of hydrogen-bond acceptors (Lipinski definition) is 3. The van der Waals surface area contributed by atoms with Gasteiger partial charge in [0.15, 0.2) is 0 Å². The van der Waals surface area contributed by atoms with E-state index in [9.17, 15) is 8.42 Å². The van der Waals surface area contributed by atoms with Gasteiger partial charge in [0.25, 0.3) is 10.2 Å². The number of rotatable bonds is 2. The number of hydrogen-bond donors (Lipinski definition) is 1. The van der Waals surface area contributed by atoms with Crippen LogP contribution in [0.15, 0.2) is 24.3 Å². The molecule has 5 nitrogen and oxygen atoms in total. The summed E-state index contributed by atoms with van der Waals surface area (Å²) in [5, 5.41) is 3.18. The van der Waals surface area contributed by atoms with Gasteiger partial charge in [-0.2, -0.15) is 17.0 Å². The molecule has 0 saturated carbocycles. The second-order valence-corrected chi connectivity index (χ2v) is 6.94. The number of nitrogens with one attached hydrogen (secondary N) is 1. The van der Waals surface area contributed by atoms with Crippen LogP contribution in [0.25, 0.3) is 0 Å². The van der Waals surface area contributed by atoms with Crippen molar-refractivity contribution in [2.75, 3.05) is 32.7 Å². The average molecular weight is 281 g/mol. The highest BCUT2D eigenvalue weighted by molar-refractivity contribution is 7.86. The lowest BCUT2D eigenvalue weighted by Gasteiger charge is -2.34. The Balaban J connectivity index is 1.80. The van der Waals surface area contributed by atoms with Crippen LogP contribution in [0.4, 0.5) is 0 Å². The smallest absolute Gasteiger partial charge is 0.282 e. The third kappa shape index (κ3) is 2.53. The Hall–Kier alpha value is -0.950. The molecule has 3 rings (SSSR count). The fourth-order valence-corrected chi connectivity index (χ4v) is 4.30. The molecule has 19 heavy (non-hydrogen) atoms. The number of fused-ring (bicyclic) bond motifs is 1. The molecule has 1 saturated heterocycles. The summed E-state index contributed by atoms with van der Waals surface area (Å²) >= 11 is 0. The van der Waals surface area contributed by atoms with Gasteiger partial charge in [0, 0.05) is 39.3 Å². The molecule has 2 aliphatic rings. The van der Waals surface area contributed by atoms with Gasteiger partial charge >= 0.3 is 0 Å². The van der Waals surface area contributed by atoms with Crippen molar-refractivity contribution in [3.05, 3.63) is 35.4 Å². The Labute approximate surface area is 114 Å². The van der Waals surface area contributed by atoms with Crippen molar-refractivity contribution in [1.29, 1.82) is 0 Å². The van der Waals surface area contributed by atoms with Crippen LogP contribution in [0.3, 0.4) is 0 Å². The van der Waals surface area contributed by atoms with Crippen LogP contribution in [-0.4, -0.2) is 49.8 Å². The largest absolute Gasteiger partial charge is 0.314 e. The van der Waals surface area contributed by atoms with E-state index < -0.39 is 10.2 Å². The molecule has 1 aromatic carbocycles. The molecule has 2 heterocycles. The molecule has 0 aromatic heterocycles. The van der Waals surface area contributed by atoms with Crippen molar-refractivity contribution in [3.8, 4) is 0 Å². The van der Waals surface area contributed by atoms with Gasteiger partial charge in [-0.1, -0.05) is 24.3 Å². The first kappa shape index (κ1) is 13.1. The molecule has 0 radical (unpaired) electrons. The van der Waals surface area contributed by atoms with Gasteiger partial charge in [0.2, 0.25) is 0 Å². The third-order valence-electron chi connectivity index (χ3n) is 3.82. The van der Waals surface area contributed by atoms with Crippen LogP contribution in [0.1, 0.15) is 11.1 Å². The van der Waals surface area contributed by atoms with Crippen LogP contribution in [0.2, 0.25) is 0 Å². The molecule has 1 N–H and O–H groups in total. The molecule has 0 aliphatic carbocycles. The molecular formula is C13H19N3O2S. The zero-order chi connectivity index (χ0) is 13.3. The van der Waals surface area contributed by atoms with E-state index in [1.807, 2.05) is 18.2 Å². The van der Waals surface area contributed by atoms with E-state index in [4.69, 9.17) is 0 Å². The first-order valence-electron chi connectivity index (χ1n) is 6.70. The maximum atomic E-state index is 12.6. The summed E-state index contributed by atoms with van der Waals surface area (Å²) in [6.45, 7) is 3.71. The number of piperazine rings is 1. The van der Waals surface area contributed by atoms with Gasteiger partial charge in [-0.25, -0.2) is 0 Å². The van der Waals surface area contributed by atoms with Crippen molar-refractivity contribution < 1.29 is 8.42 Å². The lowest BCUT2D eigenvalue weighted by molar-refractivity contribution is 0.303. The molecule has 0 bridgehead atoms. The molecule has 104 valence electrons. The van der Waals surface area contributed by atoms with E-state index >= 15 is 0 Å². The second kappa shape index (κ2) is 5.20. The molecular weight excluding hydrogens is 262 g/mol. The Kier molecular flexibility index (Phi) is 3.58. The van der Waals surface area contributed by atoms with Crippen LogP contribution >= 0.6 is 0 Å². The monoisotopic (exact) mass is 281 g/mol. The summed E-state index contributed by atoms with van der Waals surface area (Å²) in [5.74, 6) is 0.